The first-order valence-electron chi connectivity index (χ1n) is 9.02. The van der Waals surface area contributed by atoms with Gasteiger partial charge in [-0.25, -0.2) is 0 Å². The predicted molar refractivity (Wildman–Crippen MR) is 110 cm³/mol. The first-order chi connectivity index (χ1) is 13.2. The highest BCUT2D eigenvalue weighted by Crippen LogP contribution is 2.22. The van der Waals surface area contributed by atoms with Crippen LogP contribution in [0.2, 0.25) is 0 Å². The van der Waals surface area contributed by atoms with Gasteiger partial charge in [-0.2, -0.15) is 10.1 Å². The lowest BCUT2D eigenvalue weighted by molar-refractivity contribution is 0.931. The van der Waals surface area contributed by atoms with Crippen LogP contribution in [0.4, 0.5) is 17.5 Å². The average Bonchev–Trinajstić information content (AvgIpc) is 3.09. The Morgan fingerprint density at radius 1 is 1.04 bits per heavy atom. The molecule has 0 radical (unpaired) electrons. The van der Waals surface area contributed by atoms with Gasteiger partial charge < -0.3 is 15.6 Å². The van der Waals surface area contributed by atoms with Crippen LogP contribution in [-0.2, 0) is 6.42 Å². The molecular weight excluding hydrogens is 336 g/mol. The van der Waals surface area contributed by atoms with Gasteiger partial charge in [0.05, 0.1) is 6.20 Å². The fourth-order valence-corrected chi connectivity index (χ4v) is 3.11. The third-order valence-corrected chi connectivity index (χ3v) is 4.78. The van der Waals surface area contributed by atoms with Gasteiger partial charge >= 0.3 is 0 Å². The van der Waals surface area contributed by atoms with Crippen LogP contribution in [0.1, 0.15) is 16.7 Å². The zero-order chi connectivity index (χ0) is 18.6. The smallest absolute Gasteiger partial charge is 0.244 e. The van der Waals surface area contributed by atoms with E-state index in [4.69, 9.17) is 0 Å². The molecule has 0 saturated carbocycles. The molecule has 0 aliphatic heterocycles. The van der Waals surface area contributed by atoms with Crippen molar-refractivity contribution in [3.63, 3.8) is 0 Å². The maximum atomic E-state index is 4.52. The quantitative estimate of drug-likeness (QED) is 0.477. The van der Waals surface area contributed by atoms with Crippen molar-refractivity contribution in [1.82, 2.24) is 20.2 Å². The number of anilines is 3. The highest BCUT2D eigenvalue weighted by molar-refractivity contribution is 5.83. The molecule has 4 aromatic rings. The van der Waals surface area contributed by atoms with Crippen molar-refractivity contribution in [1.29, 1.82) is 0 Å². The Morgan fingerprint density at radius 2 is 1.93 bits per heavy atom. The standard InChI is InChI=1S/C21H22N6/c1-14-6-5-9-18(15(14)2)25-20-13-24-27-21(26-20)22-11-10-16-12-23-19-8-4-3-7-17(16)19/h3-9,12-13,23H,10-11H2,1-2H3,(H2,22,25,26,27). The van der Waals surface area contributed by atoms with Crippen molar-refractivity contribution >= 4 is 28.4 Å². The minimum atomic E-state index is 0.519. The van der Waals surface area contributed by atoms with E-state index in [9.17, 15) is 0 Å². The van der Waals surface area contributed by atoms with E-state index in [0.717, 1.165) is 24.2 Å². The van der Waals surface area contributed by atoms with Crippen molar-refractivity contribution < 1.29 is 0 Å². The Kier molecular flexibility index (Phi) is 4.70. The Labute approximate surface area is 158 Å². The van der Waals surface area contributed by atoms with Crippen LogP contribution in [0.3, 0.4) is 0 Å². The summed E-state index contributed by atoms with van der Waals surface area (Å²) in [5, 5.41) is 16.0. The average molecular weight is 358 g/mol. The summed E-state index contributed by atoms with van der Waals surface area (Å²) in [6.45, 7) is 4.92. The van der Waals surface area contributed by atoms with Crippen LogP contribution in [0.25, 0.3) is 10.9 Å². The number of benzene rings is 2. The summed E-state index contributed by atoms with van der Waals surface area (Å²) >= 11 is 0. The fraction of sp³-hybridized carbons (Fsp3) is 0.190. The summed E-state index contributed by atoms with van der Waals surface area (Å²) in [6.07, 6.45) is 4.57. The van der Waals surface area contributed by atoms with E-state index in [1.807, 2.05) is 18.2 Å². The van der Waals surface area contributed by atoms with E-state index in [2.05, 4.69) is 75.1 Å². The molecule has 0 unspecified atom stereocenters. The largest absolute Gasteiger partial charge is 0.361 e. The van der Waals surface area contributed by atoms with E-state index in [1.165, 1.54) is 22.1 Å². The number of aryl methyl sites for hydroxylation is 1. The normalized spacial score (nSPS) is 10.9. The molecule has 0 fully saturated rings. The lowest BCUT2D eigenvalue weighted by Crippen LogP contribution is -2.09. The number of nitrogens with zero attached hydrogens (tertiary/aromatic N) is 3. The van der Waals surface area contributed by atoms with E-state index in [0.29, 0.717) is 11.8 Å². The maximum absolute atomic E-state index is 4.52. The number of rotatable bonds is 6. The molecule has 0 aliphatic rings. The number of para-hydroxylation sites is 1. The van der Waals surface area contributed by atoms with Crippen LogP contribution < -0.4 is 10.6 Å². The molecule has 3 N–H and O–H groups in total. The van der Waals surface area contributed by atoms with Crippen molar-refractivity contribution in [3.8, 4) is 0 Å². The van der Waals surface area contributed by atoms with E-state index in [1.54, 1.807) is 6.20 Å². The Bertz CT molecular complexity index is 1070. The monoisotopic (exact) mass is 358 g/mol. The van der Waals surface area contributed by atoms with Crippen molar-refractivity contribution in [3.05, 3.63) is 71.5 Å². The lowest BCUT2D eigenvalue weighted by Gasteiger charge is -2.11. The Balaban J connectivity index is 1.41. The third-order valence-electron chi connectivity index (χ3n) is 4.78. The SMILES string of the molecule is Cc1cccc(Nc2cnnc(NCCc3c[nH]c4ccccc34)n2)c1C. The van der Waals surface area contributed by atoms with Gasteiger partial charge in [-0.05, 0) is 49.1 Å². The fourth-order valence-electron chi connectivity index (χ4n) is 3.11. The number of H-pyrrole nitrogens is 1. The zero-order valence-electron chi connectivity index (χ0n) is 15.5. The molecule has 0 atom stereocenters. The molecule has 6 nitrogen and oxygen atoms in total. The number of fused-ring (bicyclic) bond motifs is 1. The number of aromatic amines is 1. The number of aromatic nitrogens is 4. The summed E-state index contributed by atoms with van der Waals surface area (Å²) in [6, 6.07) is 14.5. The summed E-state index contributed by atoms with van der Waals surface area (Å²) in [7, 11) is 0. The van der Waals surface area contributed by atoms with Crippen LogP contribution in [0.15, 0.2) is 54.9 Å². The summed E-state index contributed by atoms with van der Waals surface area (Å²) in [5.41, 5.74) is 5.89. The molecule has 4 rings (SSSR count). The molecule has 0 spiro atoms. The first-order valence-corrected chi connectivity index (χ1v) is 9.02. The van der Waals surface area contributed by atoms with E-state index >= 15 is 0 Å². The van der Waals surface area contributed by atoms with E-state index < -0.39 is 0 Å². The van der Waals surface area contributed by atoms with Gasteiger partial charge in [0.2, 0.25) is 5.95 Å². The van der Waals surface area contributed by atoms with Gasteiger partial charge in [0.15, 0.2) is 5.82 Å². The first kappa shape index (κ1) is 17.0. The van der Waals surface area contributed by atoms with Gasteiger partial charge in [-0.15, -0.1) is 5.10 Å². The Hall–Kier alpha value is -3.41. The van der Waals surface area contributed by atoms with Gasteiger partial charge in [0.25, 0.3) is 0 Å². The second-order valence-electron chi connectivity index (χ2n) is 6.57. The zero-order valence-corrected chi connectivity index (χ0v) is 15.5. The number of nitrogens with one attached hydrogen (secondary N) is 3. The molecule has 0 aliphatic carbocycles. The molecule has 0 amide bonds. The topological polar surface area (TPSA) is 78.5 Å². The summed E-state index contributed by atoms with van der Waals surface area (Å²) < 4.78 is 0. The van der Waals surface area contributed by atoms with Crippen LogP contribution in [0, 0.1) is 13.8 Å². The van der Waals surface area contributed by atoms with Crippen molar-refractivity contribution in [2.75, 3.05) is 17.2 Å². The van der Waals surface area contributed by atoms with Gasteiger partial charge in [-0.1, -0.05) is 30.3 Å². The molecule has 6 heteroatoms. The molecule has 136 valence electrons. The van der Waals surface area contributed by atoms with Crippen LogP contribution >= 0.6 is 0 Å². The van der Waals surface area contributed by atoms with Crippen LogP contribution in [0.5, 0.6) is 0 Å². The minimum Gasteiger partial charge on any atom is -0.361 e. The highest BCUT2D eigenvalue weighted by Gasteiger charge is 2.06. The van der Waals surface area contributed by atoms with Gasteiger partial charge in [0, 0.05) is 29.3 Å². The molecule has 2 aromatic heterocycles. The minimum absolute atomic E-state index is 0.519. The molecular formula is C21H22N6. The van der Waals surface area contributed by atoms with E-state index in [-0.39, 0.29) is 0 Å². The molecule has 2 aromatic carbocycles. The highest BCUT2D eigenvalue weighted by atomic mass is 15.3. The summed E-state index contributed by atoms with van der Waals surface area (Å²) in [4.78, 5) is 7.82. The molecule has 2 heterocycles. The van der Waals surface area contributed by atoms with Crippen molar-refractivity contribution in [2.24, 2.45) is 0 Å². The molecule has 0 saturated heterocycles. The molecule has 0 bridgehead atoms. The van der Waals surface area contributed by atoms with Gasteiger partial charge in [0.1, 0.15) is 0 Å². The third kappa shape index (κ3) is 3.74. The van der Waals surface area contributed by atoms with Crippen LogP contribution in [-0.4, -0.2) is 26.7 Å². The second-order valence-corrected chi connectivity index (χ2v) is 6.57. The maximum Gasteiger partial charge on any atom is 0.244 e. The molecule has 27 heavy (non-hydrogen) atoms. The number of hydrogen-bond acceptors (Lipinski definition) is 5. The second kappa shape index (κ2) is 7.45. The summed E-state index contributed by atoms with van der Waals surface area (Å²) in [5.74, 6) is 1.19. The predicted octanol–water partition coefficient (Wildman–Crippen LogP) is 4.37. The number of hydrogen-bond donors (Lipinski definition) is 3. The van der Waals surface area contributed by atoms with Crippen molar-refractivity contribution in [2.45, 2.75) is 20.3 Å². The van der Waals surface area contributed by atoms with Gasteiger partial charge in [-0.3, -0.25) is 0 Å². The Morgan fingerprint density at radius 3 is 2.85 bits per heavy atom. The lowest BCUT2D eigenvalue weighted by atomic mass is 10.1.